The Kier molecular flexibility index (Phi) is 5.10. The van der Waals surface area contributed by atoms with Crippen molar-refractivity contribution in [2.24, 2.45) is 0 Å². The molecule has 0 N–H and O–H groups in total. The number of benzene rings is 1. The first-order chi connectivity index (χ1) is 10.2. The normalized spacial score (nSPS) is 10.6. The number of aromatic nitrogens is 1. The van der Waals surface area contributed by atoms with Gasteiger partial charge in [-0.25, -0.2) is 9.36 Å². The van der Waals surface area contributed by atoms with E-state index < -0.39 is 0 Å². The highest BCUT2D eigenvalue weighted by Crippen LogP contribution is 2.11. The van der Waals surface area contributed by atoms with E-state index in [1.165, 1.54) is 18.7 Å². The van der Waals surface area contributed by atoms with Crippen LogP contribution in [0.2, 0.25) is 0 Å². The lowest BCUT2D eigenvalue weighted by Gasteiger charge is -2.01. The van der Waals surface area contributed by atoms with Gasteiger partial charge in [0.2, 0.25) is 0 Å². The van der Waals surface area contributed by atoms with Crippen molar-refractivity contribution in [2.45, 2.75) is 6.54 Å². The number of methoxy groups -OCH3 is 2. The van der Waals surface area contributed by atoms with Gasteiger partial charge in [-0.1, -0.05) is 0 Å². The SMILES string of the molecule is COC(=O)/C=C/c1ccc[n+](Cc2ccc(OC)cc2)c1. The maximum absolute atomic E-state index is 11.1. The fourth-order valence-corrected chi connectivity index (χ4v) is 1.91. The van der Waals surface area contributed by atoms with Gasteiger partial charge in [-0.05, 0) is 36.4 Å². The highest BCUT2D eigenvalue weighted by atomic mass is 16.5. The van der Waals surface area contributed by atoms with Gasteiger partial charge in [0.25, 0.3) is 0 Å². The molecule has 4 heteroatoms. The molecule has 21 heavy (non-hydrogen) atoms. The Morgan fingerprint density at radius 3 is 2.62 bits per heavy atom. The number of pyridine rings is 1. The first kappa shape index (κ1) is 14.8. The van der Waals surface area contributed by atoms with E-state index in [1.54, 1.807) is 13.2 Å². The lowest BCUT2D eigenvalue weighted by molar-refractivity contribution is -0.688. The van der Waals surface area contributed by atoms with E-state index >= 15 is 0 Å². The first-order valence-corrected chi connectivity index (χ1v) is 6.59. The summed E-state index contributed by atoms with van der Waals surface area (Å²) in [6.07, 6.45) is 7.10. The molecule has 0 saturated heterocycles. The van der Waals surface area contributed by atoms with Crippen molar-refractivity contribution < 1.29 is 18.8 Å². The third-order valence-corrected chi connectivity index (χ3v) is 3.02. The maximum atomic E-state index is 11.1. The van der Waals surface area contributed by atoms with Crippen LogP contribution in [-0.4, -0.2) is 20.2 Å². The molecule has 0 aliphatic rings. The molecule has 0 amide bonds. The molecule has 108 valence electrons. The predicted molar refractivity (Wildman–Crippen MR) is 79.8 cm³/mol. The summed E-state index contributed by atoms with van der Waals surface area (Å²) in [6.45, 7) is 0.754. The minimum absolute atomic E-state index is 0.361. The Hall–Kier alpha value is -2.62. The van der Waals surface area contributed by atoms with Crippen molar-refractivity contribution in [1.29, 1.82) is 0 Å². The van der Waals surface area contributed by atoms with Gasteiger partial charge in [0.1, 0.15) is 5.75 Å². The summed E-state index contributed by atoms with van der Waals surface area (Å²) < 4.78 is 11.8. The topological polar surface area (TPSA) is 39.4 Å². The van der Waals surface area contributed by atoms with Gasteiger partial charge < -0.3 is 9.47 Å². The number of carbonyl (C=O) groups excluding carboxylic acids is 1. The molecule has 0 aliphatic heterocycles. The van der Waals surface area contributed by atoms with E-state index in [-0.39, 0.29) is 5.97 Å². The number of rotatable bonds is 5. The average Bonchev–Trinajstić information content (AvgIpc) is 2.53. The Morgan fingerprint density at radius 2 is 1.95 bits per heavy atom. The molecule has 1 aromatic heterocycles. The maximum Gasteiger partial charge on any atom is 0.330 e. The summed E-state index contributed by atoms with van der Waals surface area (Å²) in [5.41, 5.74) is 2.12. The standard InChI is InChI=1S/C17H18NO3/c1-20-16-8-5-15(6-9-16)13-18-11-3-4-14(12-18)7-10-17(19)21-2/h3-12H,13H2,1-2H3/q+1/b10-7+. The quantitative estimate of drug-likeness (QED) is 0.480. The molecule has 1 heterocycles. The number of nitrogens with zero attached hydrogens (tertiary/aromatic N) is 1. The van der Waals surface area contributed by atoms with Gasteiger partial charge in [0.15, 0.2) is 18.9 Å². The smallest absolute Gasteiger partial charge is 0.330 e. The zero-order valence-electron chi connectivity index (χ0n) is 12.2. The summed E-state index contributed by atoms with van der Waals surface area (Å²) in [5.74, 6) is 0.485. The minimum atomic E-state index is -0.361. The third kappa shape index (κ3) is 4.45. The zero-order chi connectivity index (χ0) is 15.1. The van der Waals surface area contributed by atoms with Gasteiger partial charge in [-0.3, -0.25) is 0 Å². The first-order valence-electron chi connectivity index (χ1n) is 6.59. The summed E-state index contributed by atoms with van der Waals surface area (Å²) in [4.78, 5) is 11.1. The van der Waals surface area contributed by atoms with Crippen molar-refractivity contribution in [3.05, 3.63) is 66.0 Å². The number of esters is 1. The molecular weight excluding hydrogens is 266 g/mol. The van der Waals surface area contributed by atoms with Gasteiger partial charge in [0.05, 0.1) is 14.2 Å². The van der Waals surface area contributed by atoms with Crippen LogP contribution in [0.5, 0.6) is 5.75 Å². The Morgan fingerprint density at radius 1 is 1.19 bits per heavy atom. The van der Waals surface area contributed by atoms with Crippen molar-refractivity contribution in [3.8, 4) is 5.75 Å². The largest absolute Gasteiger partial charge is 0.497 e. The monoisotopic (exact) mass is 284 g/mol. The number of hydrogen-bond acceptors (Lipinski definition) is 3. The predicted octanol–water partition coefficient (Wildman–Crippen LogP) is 2.22. The molecule has 0 fully saturated rings. The molecule has 0 bridgehead atoms. The van der Waals surface area contributed by atoms with E-state index in [9.17, 15) is 4.79 Å². The van der Waals surface area contributed by atoms with Crippen LogP contribution in [0.15, 0.2) is 54.9 Å². The van der Waals surface area contributed by atoms with Gasteiger partial charge in [-0.15, -0.1) is 0 Å². The van der Waals surface area contributed by atoms with Crippen molar-refractivity contribution in [3.63, 3.8) is 0 Å². The number of ether oxygens (including phenoxy) is 2. The molecule has 0 atom stereocenters. The van der Waals surface area contributed by atoms with Crippen molar-refractivity contribution in [1.82, 2.24) is 0 Å². The molecule has 1 aromatic carbocycles. The molecule has 0 radical (unpaired) electrons. The second-order valence-corrected chi connectivity index (χ2v) is 4.51. The minimum Gasteiger partial charge on any atom is -0.497 e. The molecular formula is C17H18NO3+. The molecule has 0 unspecified atom stereocenters. The lowest BCUT2D eigenvalue weighted by atomic mass is 10.2. The molecule has 0 aliphatic carbocycles. The van der Waals surface area contributed by atoms with E-state index in [2.05, 4.69) is 9.30 Å². The van der Waals surface area contributed by atoms with Crippen molar-refractivity contribution in [2.75, 3.05) is 14.2 Å². The molecule has 2 aromatic rings. The van der Waals surface area contributed by atoms with Gasteiger partial charge >= 0.3 is 5.97 Å². The van der Waals surface area contributed by atoms with E-state index in [4.69, 9.17) is 4.74 Å². The highest BCUT2D eigenvalue weighted by molar-refractivity contribution is 5.86. The van der Waals surface area contributed by atoms with Crippen LogP contribution < -0.4 is 9.30 Å². The molecule has 0 spiro atoms. The van der Waals surface area contributed by atoms with Crippen LogP contribution in [0.25, 0.3) is 6.08 Å². The van der Waals surface area contributed by atoms with Crippen LogP contribution in [0, 0.1) is 0 Å². The second-order valence-electron chi connectivity index (χ2n) is 4.51. The van der Waals surface area contributed by atoms with Crippen LogP contribution in [-0.2, 0) is 16.1 Å². The van der Waals surface area contributed by atoms with E-state index in [0.717, 1.165) is 17.9 Å². The average molecular weight is 284 g/mol. The molecule has 0 saturated carbocycles. The Bertz CT molecular complexity index is 633. The summed E-state index contributed by atoms with van der Waals surface area (Å²) >= 11 is 0. The lowest BCUT2D eigenvalue weighted by Crippen LogP contribution is -2.33. The molecule has 4 nitrogen and oxygen atoms in total. The van der Waals surface area contributed by atoms with Crippen molar-refractivity contribution >= 4 is 12.0 Å². The van der Waals surface area contributed by atoms with Crippen LogP contribution >= 0.6 is 0 Å². The van der Waals surface area contributed by atoms with Crippen LogP contribution in [0.4, 0.5) is 0 Å². The van der Waals surface area contributed by atoms with Gasteiger partial charge in [-0.2, -0.15) is 0 Å². The summed E-state index contributed by atoms with van der Waals surface area (Å²) in [6, 6.07) is 11.8. The van der Waals surface area contributed by atoms with Crippen LogP contribution in [0.3, 0.4) is 0 Å². The molecule has 2 rings (SSSR count). The summed E-state index contributed by atoms with van der Waals surface area (Å²) in [7, 11) is 3.02. The van der Waals surface area contributed by atoms with Crippen LogP contribution in [0.1, 0.15) is 11.1 Å². The Labute approximate surface area is 124 Å². The van der Waals surface area contributed by atoms with E-state index in [0.29, 0.717) is 0 Å². The third-order valence-electron chi connectivity index (χ3n) is 3.02. The fourth-order valence-electron chi connectivity index (χ4n) is 1.91. The number of carbonyl (C=O) groups is 1. The number of hydrogen-bond donors (Lipinski definition) is 0. The Balaban J connectivity index is 2.09. The summed E-state index contributed by atoms with van der Waals surface area (Å²) in [5, 5.41) is 0. The highest BCUT2D eigenvalue weighted by Gasteiger charge is 2.04. The fraction of sp³-hybridized carbons (Fsp3) is 0.176. The van der Waals surface area contributed by atoms with Gasteiger partial charge in [0, 0.05) is 23.3 Å². The van der Waals surface area contributed by atoms with E-state index in [1.807, 2.05) is 48.8 Å². The second kappa shape index (κ2) is 7.24. The zero-order valence-corrected chi connectivity index (χ0v) is 12.2.